The Kier molecular flexibility index (Phi) is 5.24. The van der Waals surface area contributed by atoms with E-state index in [9.17, 15) is 27.9 Å². The summed E-state index contributed by atoms with van der Waals surface area (Å²) in [6, 6.07) is 8.12. The van der Waals surface area contributed by atoms with Crippen LogP contribution >= 0.6 is 0 Å². The van der Waals surface area contributed by atoms with E-state index in [4.69, 9.17) is 0 Å². The van der Waals surface area contributed by atoms with Crippen LogP contribution in [0.15, 0.2) is 43.0 Å². The highest BCUT2D eigenvalue weighted by atomic mass is 19.4. The molecule has 0 aliphatic heterocycles. The number of hydrogen-bond donors (Lipinski definition) is 2. The summed E-state index contributed by atoms with van der Waals surface area (Å²) in [6.07, 6.45) is -4.28. The highest BCUT2D eigenvalue weighted by molar-refractivity contribution is 5.90. The second-order valence-corrected chi connectivity index (χ2v) is 5.75. The van der Waals surface area contributed by atoms with Crippen molar-refractivity contribution in [3.05, 3.63) is 48.6 Å². The van der Waals surface area contributed by atoms with Crippen molar-refractivity contribution in [2.75, 3.05) is 0 Å². The lowest BCUT2D eigenvalue weighted by molar-refractivity contribution is -0.179. The third-order valence-electron chi connectivity index (χ3n) is 3.87. The van der Waals surface area contributed by atoms with Gasteiger partial charge in [0.1, 0.15) is 0 Å². The van der Waals surface area contributed by atoms with Gasteiger partial charge in [-0.15, -0.1) is 6.58 Å². The van der Waals surface area contributed by atoms with Gasteiger partial charge < -0.3 is 10.4 Å². The van der Waals surface area contributed by atoms with Crippen molar-refractivity contribution >= 4 is 11.9 Å². The lowest BCUT2D eigenvalue weighted by Gasteiger charge is -2.42. The molecule has 126 valence electrons. The molecule has 1 rings (SSSR count). The van der Waals surface area contributed by atoms with Gasteiger partial charge >= 0.3 is 18.1 Å². The standard InChI is InChI=1S/C16H18F3NO3/c1-4-14(2,3)15(13(22)23,20-12(21)16(17,18)19)10-11-8-6-5-7-9-11/h4-9H,1,10H2,2-3H3,(H,20,21)(H,22,23). The highest BCUT2D eigenvalue weighted by Gasteiger charge is 2.54. The van der Waals surface area contributed by atoms with Crippen molar-refractivity contribution in [3.8, 4) is 0 Å². The number of carbonyl (C=O) groups is 2. The molecule has 0 bridgehead atoms. The number of rotatable bonds is 6. The maximum atomic E-state index is 12.6. The predicted molar refractivity (Wildman–Crippen MR) is 78.7 cm³/mol. The fourth-order valence-electron chi connectivity index (χ4n) is 2.18. The Morgan fingerprint density at radius 3 is 2.13 bits per heavy atom. The number of aliphatic carboxylic acids is 1. The molecule has 0 saturated heterocycles. The molecule has 0 heterocycles. The van der Waals surface area contributed by atoms with Gasteiger partial charge in [0.25, 0.3) is 0 Å². The van der Waals surface area contributed by atoms with Crippen LogP contribution in [-0.4, -0.2) is 28.7 Å². The Balaban J connectivity index is 3.41. The summed E-state index contributed by atoms with van der Waals surface area (Å²) in [7, 11) is 0. The van der Waals surface area contributed by atoms with Crippen LogP contribution in [0.3, 0.4) is 0 Å². The fourth-order valence-corrected chi connectivity index (χ4v) is 2.18. The molecular weight excluding hydrogens is 311 g/mol. The topological polar surface area (TPSA) is 66.4 Å². The zero-order valence-electron chi connectivity index (χ0n) is 12.8. The van der Waals surface area contributed by atoms with Gasteiger partial charge in [0.05, 0.1) is 0 Å². The minimum absolute atomic E-state index is 0.315. The van der Waals surface area contributed by atoms with E-state index in [1.165, 1.54) is 19.9 Å². The molecule has 1 amide bonds. The number of halogens is 3. The molecule has 0 aromatic heterocycles. The van der Waals surface area contributed by atoms with E-state index in [1.807, 2.05) is 0 Å². The van der Waals surface area contributed by atoms with Gasteiger partial charge in [-0.2, -0.15) is 13.2 Å². The molecule has 7 heteroatoms. The number of amides is 1. The first-order valence-electron chi connectivity index (χ1n) is 6.76. The molecule has 4 nitrogen and oxygen atoms in total. The van der Waals surface area contributed by atoms with E-state index in [0.717, 1.165) is 0 Å². The zero-order chi connectivity index (χ0) is 17.9. The van der Waals surface area contributed by atoms with E-state index >= 15 is 0 Å². The average Bonchev–Trinajstić information content (AvgIpc) is 2.46. The lowest BCUT2D eigenvalue weighted by atomic mass is 9.68. The van der Waals surface area contributed by atoms with Gasteiger partial charge in [-0.1, -0.05) is 50.3 Å². The monoisotopic (exact) mass is 329 g/mol. The van der Waals surface area contributed by atoms with Gasteiger partial charge in [0, 0.05) is 11.8 Å². The van der Waals surface area contributed by atoms with E-state index < -0.39 is 29.0 Å². The SMILES string of the molecule is C=CC(C)(C)C(Cc1ccccc1)(NC(=O)C(F)(F)F)C(=O)O. The lowest BCUT2D eigenvalue weighted by Crippen LogP contribution is -2.66. The third kappa shape index (κ3) is 3.91. The molecule has 1 aromatic rings. The Morgan fingerprint density at radius 1 is 1.22 bits per heavy atom. The molecule has 2 N–H and O–H groups in total. The molecule has 0 aliphatic carbocycles. The number of carboxylic acids is 1. The molecule has 1 unspecified atom stereocenters. The van der Waals surface area contributed by atoms with Crippen molar-refractivity contribution in [1.82, 2.24) is 5.32 Å². The average molecular weight is 329 g/mol. The first-order valence-corrected chi connectivity index (χ1v) is 6.76. The summed E-state index contributed by atoms with van der Waals surface area (Å²) in [5.41, 5.74) is -3.05. The van der Waals surface area contributed by atoms with Crippen molar-refractivity contribution in [2.45, 2.75) is 32.0 Å². The number of carbonyl (C=O) groups excluding carboxylic acids is 1. The molecule has 0 radical (unpaired) electrons. The number of hydrogen-bond acceptors (Lipinski definition) is 2. The second kappa shape index (κ2) is 6.44. The number of benzene rings is 1. The van der Waals surface area contributed by atoms with Crippen LogP contribution in [0.2, 0.25) is 0 Å². The van der Waals surface area contributed by atoms with E-state index in [-0.39, 0.29) is 6.42 Å². The van der Waals surface area contributed by atoms with Crippen LogP contribution < -0.4 is 5.32 Å². The Morgan fingerprint density at radius 2 is 1.74 bits per heavy atom. The largest absolute Gasteiger partial charge is 0.479 e. The Bertz CT molecular complexity index is 596. The predicted octanol–water partition coefficient (Wildman–Crippen LogP) is 2.94. The van der Waals surface area contributed by atoms with E-state index in [0.29, 0.717) is 5.56 Å². The van der Waals surface area contributed by atoms with Crippen LogP contribution in [0.4, 0.5) is 13.2 Å². The van der Waals surface area contributed by atoms with Gasteiger partial charge in [0.2, 0.25) is 0 Å². The third-order valence-corrected chi connectivity index (χ3v) is 3.87. The molecule has 1 atom stereocenters. The Labute approximate surface area is 132 Å². The van der Waals surface area contributed by atoms with Crippen molar-refractivity contribution in [1.29, 1.82) is 0 Å². The second-order valence-electron chi connectivity index (χ2n) is 5.75. The van der Waals surface area contributed by atoms with Gasteiger partial charge in [-0.05, 0) is 5.56 Å². The van der Waals surface area contributed by atoms with Crippen LogP contribution in [0.1, 0.15) is 19.4 Å². The van der Waals surface area contributed by atoms with E-state index in [2.05, 4.69) is 6.58 Å². The van der Waals surface area contributed by atoms with Crippen LogP contribution in [0.25, 0.3) is 0 Å². The number of alkyl halides is 3. The molecular formula is C16H18F3NO3. The normalized spacial score (nSPS) is 14.7. The quantitative estimate of drug-likeness (QED) is 0.789. The fraction of sp³-hybridized carbons (Fsp3) is 0.375. The summed E-state index contributed by atoms with van der Waals surface area (Å²) in [4.78, 5) is 23.3. The summed E-state index contributed by atoms with van der Waals surface area (Å²) >= 11 is 0. The van der Waals surface area contributed by atoms with Crippen LogP contribution in [-0.2, 0) is 16.0 Å². The smallest absolute Gasteiger partial charge is 0.471 e. The van der Waals surface area contributed by atoms with Crippen molar-refractivity contribution < 1.29 is 27.9 Å². The van der Waals surface area contributed by atoms with Crippen LogP contribution in [0, 0.1) is 5.41 Å². The summed E-state index contributed by atoms with van der Waals surface area (Å²) in [5.74, 6) is -3.87. The first-order chi connectivity index (χ1) is 10.5. The molecule has 0 fully saturated rings. The summed E-state index contributed by atoms with van der Waals surface area (Å²) < 4.78 is 37.9. The van der Waals surface area contributed by atoms with Crippen molar-refractivity contribution in [3.63, 3.8) is 0 Å². The van der Waals surface area contributed by atoms with E-state index in [1.54, 1.807) is 35.6 Å². The maximum absolute atomic E-state index is 12.6. The minimum atomic E-state index is -5.19. The van der Waals surface area contributed by atoms with Crippen molar-refractivity contribution in [2.24, 2.45) is 5.41 Å². The molecule has 23 heavy (non-hydrogen) atoms. The zero-order valence-corrected chi connectivity index (χ0v) is 12.8. The number of nitrogens with one attached hydrogen (secondary N) is 1. The highest BCUT2D eigenvalue weighted by Crippen LogP contribution is 2.36. The Hall–Kier alpha value is -2.31. The number of carboxylic acid groups (broad SMARTS) is 1. The first kappa shape index (κ1) is 18.7. The molecule has 0 spiro atoms. The van der Waals surface area contributed by atoms with Gasteiger partial charge in [0.15, 0.2) is 5.54 Å². The summed E-state index contributed by atoms with van der Waals surface area (Å²) in [6.45, 7) is 6.32. The van der Waals surface area contributed by atoms with Crippen LogP contribution in [0.5, 0.6) is 0 Å². The maximum Gasteiger partial charge on any atom is 0.471 e. The minimum Gasteiger partial charge on any atom is -0.479 e. The molecule has 0 aliphatic rings. The summed E-state index contributed by atoms with van der Waals surface area (Å²) in [5, 5.41) is 11.3. The molecule has 0 saturated carbocycles. The molecule has 1 aromatic carbocycles. The van der Waals surface area contributed by atoms with Gasteiger partial charge in [-0.3, -0.25) is 4.79 Å². The van der Waals surface area contributed by atoms with Gasteiger partial charge in [-0.25, -0.2) is 4.79 Å².